The molecule has 0 radical (unpaired) electrons. The highest BCUT2D eigenvalue weighted by Gasteiger charge is 2.07. The van der Waals surface area contributed by atoms with Crippen molar-refractivity contribution >= 4 is 11.3 Å². The highest BCUT2D eigenvalue weighted by Crippen LogP contribution is 2.13. The number of hydrogen-bond acceptors (Lipinski definition) is 4. The first kappa shape index (κ1) is 11.3. The summed E-state index contributed by atoms with van der Waals surface area (Å²) in [5.74, 6) is 0. The summed E-state index contributed by atoms with van der Waals surface area (Å²) in [6.45, 7) is 5.75. The van der Waals surface area contributed by atoms with Crippen molar-refractivity contribution in [2.45, 2.75) is 26.9 Å². The van der Waals surface area contributed by atoms with Crippen molar-refractivity contribution in [3.8, 4) is 0 Å². The lowest BCUT2D eigenvalue weighted by Gasteiger charge is -2.03. The minimum atomic E-state index is 0.772. The summed E-state index contributed by atoms with van der Waals surface area (Å²) in [5, 5.41) is 10.7. The van der Waals surface area contributed by atoms with Gasteiger partial charge >= 0.3 is 0 Å². The normalized spacial score (nSPS) is 10.9. The maximum absolute atomic E-state index is 4.44. The van der Waals surface area contributed by atoms with Crippen LogP contribution in [0, 0.1) is 13.8 Å². The first-order valence-corrected chi connectivity index (χ1v) is 6.15. The molecule has 0 saturated heterocycles. The summed E-state index contributed by atoms with van der Waals surface area (Å²) in [4.78, 5) is 4.44. The molecule has 0 aromatic carbocycles. The van der Waals surface area contributed by atoms with Crippen molar-refractivity contribution in [3.05, 3.63) is 33.5 Å². The topological polar surface area (TPSA) is 42.7 Å². The van der Waals surface area contributed by atoms with Crippen LogP contribution in [0.5, 0.6) is 0 Å². The Morgan fingerprint density at radius 1 is 1.44 bits per heavy atom. The number of nitrogens with zero attached hydrogens (tertiary/aromatic N) is 3. The quantitative estimate of drug-likeness (QED) is 0.879. The molecule has 0 aliphatic heterocycles. The predicted octanol–water partition coefficient (Wildman–Crippen LogP) is 1.72. The van der Waals surface area contributed by atoms with E-state index in [0.717, 1.165) is 23.8 Å². The summed E-state index contributed by atoms with van der Waals surface area (Å²) in [7, 11) is 1.95. The maximum atomic E-state index is 4.44. The van der Waals surface area contributed by atoms with Gasteiger partial charge in [-0.05, 0) is 20.9 Å². The highest BCUT2D eigenvalue weighted by atomic mass is 32.1. The van der Waals surface area contributed by atoms with Gasteiger partial charge in [0.2, 0.25) is 0 Å². The standard InChI is InChI=1S/C11H16N4S/c1-8-7-16-11(14-8)6-15-9(2)10(4-12-3)5-13-15/h5,7,12H,4,6H2,1-3H3. The molecule has 0 saturated carbocycles. The average molecular weight is 236 g/mol. The molecule has 0 unspecified atom stereocenters. The Bertz CT molecular complexity index is 472. The minimum Gasteiger partial charge on any atom is -0.316 e. The molecule has 0 fully saturated rings. The molecule has 2 rings (SSSR count). The Balaban J connectivity index is 2.15. The third-order valence-corrected chi connectivity index (χ3v) is 3.48. The van der Waals surface area contributed by atoms with E-state index in [4.69, 9.17) is 0 Å². The zero-order valence-electron chi connectivity index (χ0n) is 9.82. The average Bonchev–Trinajstić information content (AvgIpc) is 2.80. The van der Waals surface area contributed by atoms with Gasteiger partial charge in [-0.15, -0.1) is 11.3 Å². The van der Waals surface area contributed by atoms with E-state index in [1.807, 2.05) is 24.9 Å². The van der Waals surface area contributed by atoms with Gasteiger partial charge in [-0.3, -0.25) is 4.68 Å². The number of aryl methyl sites for hydroxylation is 1. The van der Waals surface area contributed by atoms with Crippen LogP contribution in [0.15, 0.2) is 11.6 Å². The second-order valence-electron chi connectivity index (χ2n) is 3.83. The Morgan fingerprint density at radius 2 is 2.25 bits per heavy atom. The third kappa shape index (κ3) is 2.31. The summed E-state index contributed by atoms with van der Waals surface area (Å²) in [5.41, 5.74) is 3.54. The molecule has 86 valence electrons. The molecule has 2 aromatic rings. The number of nitrogens with one attached hydrogen (secondary N) is 1. The van der Waals surface area contributed by atoms with E-state index < -0.39 is 0 Å². The van der Waals surface area contributed by atoms with E-state index in [1.54, 1.807) is 11.3 Å². The van der Waals surface area contributed by atoms with E-state index in [0.29, 0.717) is 0 Å². The Morgan fingerprint density at radius 3 is 2.88 bits per heavy atom. The third-order valence-electron chi connectivity index (χ3n) is 2.52. The van der Waals surface area contributed by atoms with Crippen LogP contribution in [0.3, 0.4) is 0 Å². The van der Waals surface area contributed by atoms with Crippen molar-refractivity contribution in [3.63, 3.8) is 0 Å². The molecular weight excluding hydrogens is 220 g/mol. The molecule has 2 heterocycles. The van der Waals surface area contributed by atoms with Gasteiger partial charge < -0.3 is 5.32 Å². The SMILES string of the molecule is CNCc1cnn(Cc2nc(C)cs2)c1C. The van der Waals surface area contributed by atoms with Crippen molar-refractivity contribution in [1.29, 1.82) is 0 Å². The van der Waals surface area contributed by atoms with Gasteiger partial charge in [0.25, 0.3) is 0 Å². The number of aromatic nitrogens is 3. The van der Waals surface area contributed by atoms with E-state index in [1.165, 1.54) is 11.3 Å². The fourth-order valence-corrected chi connectivity index (χ4v) is 2.36. The van der Waals surface area contributed by atoms with Crippen molar-refractivity contribution < 1.29 is 0 Å². The smallest absolute Gasteiger partial charge is 0.114 e. The van der Waals surface area contributed by atoms with Crippen LogP contribution in [0.1, 0.15) is 22.0 Å². The van der Waals surface area contributed by atoms with Crippen LogP contribution in [-0.4, -0.2) is 21.8 Å². The fraction of sp³-hybridized carbons (Fsp3) is 0.455. The van der Waals surface area contributed by atoms with E-state index in [2.05, 4.69) is 27.7 Å². The number of thiazole rings is 1. The van der Waals surface area contributed by atoms with E-state index >= 15 is 0 Å². The molecule has 0 aliphatic carbocycles. The summed E-state index contributed by atoms with van der Waals surface area (Å²) < 4.78 is 2.00. The minimum absolute atomic E-state index is 0.772. The molecule has 0 bridgehead atoms. The van der Waals surface area contributed by atoms with Gasteiger partial charge in [0, 0.05) is 28.9 Å². The van der Waals surface area contributed by atoms with Crippen LogP contribution in [0.25, 0.3) is 0 Å². The maximum Gasteiger partial charge on any atom is 0.114 e. The van der Waals surface area contributed by atoms with Gasteiger partial charge in [0.05, 0.1) is 12.7 Å². The van der Waals surface area contributed by atoms with Crippen molar-refractivity contribution in [2.75, 3.05) is 7.05 Å². The number of rotatable bonds is 4. The second-order valence-corrected chi connectivity index (χ2v) is 4.77. The molecule has 0 atom stereocenters. The Kier molecular flexibility index (Phi) is 3.36. The molecule has 5 heteroatoms. The zero-order valence-corrected chi connectivity index (χ0v) is 10.6. The van der Waals surface area contributed by atoms with Gasteiger partial charge in [-0.1, -0.05) is 0 Å². The van der Waals surface area contributed by atoms with Crippen molar-refractivity contribution in [1.82, 2.24) is 20.1 Å². The van der Waals surface area contributed by atoms with E-state index in [9.17, 15) is 0 Å². The Labute approximate surface area is 99.3 Å². The molecule has 1 N–H and O–H groups in total. The summed E-state index contributed by atoms with van der Waals surface area (Å²) >= 11 is 1.69. The van der Waals surface area contributed by atoms with Crippen LogP contribution in [-0.2, 0) is 13.1 Å². The van der Waals surface area contributed by atoms with Gasteiger partial charge in [-0.25, -0.2) is 4.98 Å². The molecule has 2 aromatic heterocycles. The number of hydrogen-bond donors (Lipinski definition) is 1. The largest absolute Gasteiger partial charge is 0.316 e. The Hall–Kier alpha value is -1.20. The lowest BCUT2D eigenvalue weighted by Crippen LogP contribution is -2.08. The molecule has 4 nitrogen and oxygen atoms in total. The van der Waals surface area contributed by atoms with Crippen molar-refractivity contribution in [2.24, 2.45) is 0 Å². The predicted molar refractivity (Wildman–Crippen MR) is 65.7 cm³/mol. The van der Waals surface area contributed by atoms with Crippen LogP contribution < -0.4 is 5.32 Å². The fourth-order valence-electron chi connectivity index (χ4n) is 1.61. The molecular formula is C11H16N4S. The first-order chi connectivity index (χ1) is 7.70. The van der Waals surface area contributed by atoms with Gasteiger partial charge in [0.15, 0.2) is 0 Å². The lowest BCUT2D eigenvalue weighted by molar-refractivity contribution is 0.658. The van der Waals surface area contributed by atoms with Crippen LogP contribution >= 0.6 is 11.3 Å². The summed E-state index contributed by atoms with van der Waals surface area (Å²) in [6, 6.07) is 0. The second kappa shape index (κ2) is 4.76. The van der Waals surface area contributed by atoms with Crippen LogP contribution in [0.4, 0.5) is 0 Å². The monoisotopic (exact) mass is 236 g/mol. The first-order valence-electron chi connectivity index (χ1n) is 5.27. The highest BCUT2D eigenvalue weighted by molar-refractivity contribution is 7.09. The lowest BCUT2D eigenvalue weighted by atomic mass is 10.2. The van der Waals surface area contributed by atoms with Gasteiger partial charge in [-0.2, -0.15) is 5.10 Å². The van der Waals surface area contributed by atoms with Crippen LogP contribution in [0.2, 0.25) is 0 Å². The van der Waals surface area contributed by atoms with Gasteiger partial charge in [0.1, 0.15) is 5.01 Å². The molecule has 0 aliphatic rings. The zero-order chi connectivity index (χ0) is 11.5. The molecule has 16 heavy (non-hydrogen) atoms. The van der Waals surface area contributed by atoms with E-state index in [-0.39, 0.29) is 0 Å². The molecule has 0 spiro atoms. The molecule has 0 amide bonds. The summed E-state index contributed by atoms with van der Waals surface area (Å²) in [6.07, 6.45) is 1.92.